The number of rotatable bonds is 6. The minimum absolute atomic E-state index is 0.130. The summed E-state index contributed by atoms with van der Waals surface area (Å²) in [7, 11) is 1.30. The lowest BCUT2D eigenvalue weighted by Gasteiger charge is -2.16. The molecule has 1 atom stereocenters. The Balaban J connectivity index is 1.71. The molecule has 140 valence electrons. The van der Waals surface area contributed by atoms with Gasteiger partial charge in [0.25, 0.3) is 0 Å². The quantitative estimate of drug-likeness (QED) is 0.418. The molecule has 0 radical (unpaired) electrons. The molecule has 3 aromatic rings. The van der Waals surface area contributed by atoms with Gasteiger partial charge in [-0.2, -0.15) is 0 Å². The van der Waals surface area contributed by atoms with E-state index in [1.807, 2.05) is 54.6 Å². The number of hydrogen-bond acceptors (Lipinski definition) is 4. The Hall–Kier alpha value is -2.55. The van der Waals surface area contributed by atoms with Crippen LogP contribution in [0, 0.1) is 3.70 Å². The normalized spacial score (nSPS) is 11.8. The number of fused-ring (bicyclic) bond motifs is 1. The van der Waals surface area contributed by atoms with Crippen LogP contribution in [-0.4, -0.2) is 30.2 Å². The van der Waals surface area contributed by atoms with E-state index in [0.717, 1.165) is 25.7 Å². The molecule has 0 bridgehead atoms. The summed E-state index contributed by atoms with van der Waals surface area (Å²) in [6.07, 6.45) is -0.362. The van der Waals surface area contributed by atoms with Gasteiger partial charge in [0.15, 0.2) is 0 Å². The third-order valence-electron chi connectivity index (χ3n) is 4.16. The number of halogens is 1. The Morgan fingerprint density at radius 2 is 1.81 bits per heavy atom. The molecule has 0 unspecified atom stereocenters. The fourth-order valence-electron chi connectivity index (χ4n) is 2.81. The van der Waals surface area contributed by atoms with Crippen molar-refractivity contribution < 1.29 is 19.1 Å². The molecular weight excluding hydrogens is 459 g/mol. The number of H-pyrrole nitrogens is 1. The molecule has 2 N–H and O–H groups in total. The summed E-state index contributed by atoms with van der Waals surface area (Å²) < 4.78 is 11.0. The van der Waals surface area contributed by atoms with Crippen molar-refractivity contribution in [3.63, 3.8) is 0 Å². The molecule has 0 aliphatic heterocycles. The first kappa shape index (κ1) is 19.2. The van der Waals surface area contributed by atoms with Gasteiger partial charge in [-0.1, -0.05) is 48.5 Å². The highest BCUT2D eigenvalue weighted by molar-refractivity contribution is 14.1. The summed E-state index contributed by atoms with van der Waals surface area (Å²) in [5.74, 6) is -0.521. The van der Waals surface area contributed by atoms with Crippen molar-refractivity contribution in [1.82, 2.24) is 10.3 Å². The minimum Gasteiger partial charge on any atom is -0.467 e. The molecule has 0 saturated carbocycles. The van der Waals surface area contributed by atoms with Crippen molar-refractivity contribution in [2.24, 2.45) is 0 Å². The second-order valence-electron chi connectivity index (χ2n) is 5.95. The lowest BCUT2D eigenvalue weighted by Crippen LogP contribution is -2.43. The number of hydrogen-bond donors (Lipinski definition) is 2. The predicted octanol–water partition coefficient (Wildman–Crippen LogP) is 3.78. The third-order valence-corrected chi connectivity index (χ3v) is 5.08. The fraction of sp³-hybridized carbons (Fsp3) is 0.200. The average Bonchev–Trinajstić information content (AvgIpc) is 3.01. The highest BCUT2D eigenvalue weighted by atomic mass is 127. The number of ether oxygens (including phenoxy) is 2. The number of carbonyl (C=O) groups excluding carboxylic acids is 2. The second kappa shape index (κ2) is 8.90. The Labute approximate surface area is 170 Å². The van der Waals surface area contributed by atoms with Crippen molar-refractivity contribution >= 4 is 45.6 Å². The van der Waals surface area contributed by atoms with E-state index in [-0.39, 0.29) is 6.61 Å². The second-order valence-corrected chi connectivity index (χ2v) is 7.03. The molecule has 0 aliphatic rings. The molecular formula is C20H19IN2O4. The number of carbonyl (C=O) groups is 2. The molecule has 6 nitrogen and oxygen atoms in total. The summed E-state index contributed by atoms with van der Waals surface area (Å²) in [6, 6.07) is 16.3. The molecule has 27 heavy (non-hydrogen) atoms. The van der Waals surface area contributed by atoms with Crippen molar-refractivity contribution in [1.29, 1.82) is 0 Å². The van der Waals surface area contributed by atoms with Crippen LogP contribution < -0.4 is 5.32 Å². The van der Waals surface area contributed by atoms with Gasteiger partial charge in [0, 0.05) is 17.3 Å². The van der Waals surface area contributed by atoms with Gasteiger partial charge in [-0.25, -0.2) is 9.59 Å². The number of methoxy groups -OCH3 is 1. The number of alkyl carbamates (subject to hydrolysis) is 1. The van der Waals surface area contributed by atoms with Crippen LogP contribution >= 0.6 is 22.6 Å². The van der Waals surface area contributed by atoms with Gasteiger partial charge >= 0.3 is 12.1 Å². The zero-order valence-corrected chi connectivity index (χ0v) is 16.9. The maximum absolute atomic E-state index is 12.2. The molecule has 7 heteroatoms. The number of aromatic amines is 1. The van der Waals surface area contributed by atoms with E-state index >= 15 is 0 Å². The lowest BCUT2D eigenvalue weighted by atomic mass is 10.1. The number of aromatic nitrogens is 1. The van der Waals surface area contributed by atoms with Gasteiger partial charge in [-0.05, 0) is 39.8 Å². The lowest BCUT2D eigenvalue weighted by molar-refractivity contribution is -0.143. The van der Waals surface area contributed by atoms with Gasteiger partial charge in [-0.3, -0.25) is 0 Å². The largest absolute Gasteiger partial charge is 0.467 e. The number of esters is 1. The molecule has 2 aromatic carbocycles. The van der Waals surface area contributed by atoms with Crippen LogP contribution in [0.4, 0.5) is 4.79 Å². The van der Waals surface area contributed by atoms with E-state index in [1.165, 1.54) is 7.11 Å². The first-order valence-electron chi connectivity index (χ1n) is 8.38. The zero-order chi connectivity index (χ0) is 19.2. The number of para-hydroxylation sites is 1. The van der Waals surface area contributed by atoms with Crippen LogP contribution in [0.25, 0.3) is 10.9 Å². The molecule has 0 fully saturated rings. The number of nitrogens with one attached hydrogen (secondary N) is 2. The average molecular weight is 478 g/mol. The Morgan fingerprint density at radius 3 is 2.56 bits per heavy atom. The maximum Gasteiger partial charge on any atom is 0.408 e. The smallest absolute Gasteiger partial charge is 0.408 e. The van der Waals surface area contributed by atoms with Crippen LogP contribution in [-0.2, 0) is 27.3 Å². The summed E-state index contributed by atoms with van der Waals surface area (Å²) in [5, 5.41) is 3.62. The third kappa shape index (κ3) is 4.79. The Morgan fingerprint density at radius 1 is 1.11 bits per heavy atom. The first-order valence-corrected chi connectivity index (χ1v) is 9.46. The molecule has 0 saturated heterocycles. The zero-order valence-electron chi connectivity index (χ0n) is 14.7. The van der Waals surface area contributed by atoms with Gasteiger partial charge in [0.2, 0.25) is 0 Å². The highest BCUT2D eigenvalue weighted by Gasteiger charge is 2.25. The van der Waals surface area contributed by atoms with E-state index in [9.17, 15) is 9.59 Å². The van der Waals surface area contributed by atoms with E-state index < -0.39 is 18.1 Å². The van der Waals surface area contributed by atoms with Gasteiger partial charge in [0.1, 0.15) is 12.6 Å². The monoisotopic (exact) mass is 478 g/mol. The van der Waals surface area contributed by atoms with E-state index in [2.05, 4.69) is 32.9 Å². The number of benzene rings is 2. The van der Waals surface area contributed by atoms with Crippen molar-refractivity contribution in [2.45, 2.75) is 19.1 Å². The van der Waals surface area contributed by atoms with E-state index in [4.69, 9.17) is 9.47 Å². The van der Waals surface area contributed by atoms with Crippen molar-refractivity contribution in [2.75, 3.05) is 7.11 Å². The van der Waals surface area contributed by atoms with Gasteiger partial charge in [-0.15, -0.1) is 0 Å². The topological polar surface area (TPSA) is 80.4 Å². The van der Waals surface area contributed by atoms with Crippen molar-refractivity contribution in [3.05, 3.63) is 69.4 Å². The molecule has 0 spiro atoms. The predicted molar refractivity (Wildman–Crippen MR) is 110 cm³/mol. The standard InChI is InChI=1S/C20H19IN2O4/c1-26-19(24)17(23-20(25)27-12-13-7-3-2-4-8-13)11-15-14-9-5-6-10-16(14)22-18(15)21/h2-10,17,22H,11-12H2,1H3,(H,23,25)/t17-/m0/s1. The molecule has 1 aromatic heterocycles. The fourth-order valence-corrected chi connectivity index (χ4v) is 3.61. The SMILES string of the molecule is COC(=O)[C@H](Cc1c(I)[nH]c2ccccc12)NC(=O)OCc1ccccc1. The van der Waals surface area contributed by atoms with Crippen LogP contribution in [0.3, 0.4) is 0 Å². The van der Waals surface area contributed by atoms with Crippen molar-refractivity contribution in [3.8, 4) is 0 Å². The van der Waals surface area contributed by atoms with Gasteiger partial charge < -0.3 is 19.8 Å². The minimum atomic E-state index is -0.842. The van der Waals surface area contributed by atoms with E-state index in [0.29, 0.717) is 6.42 Å². The number of amides is 1. The van der Waals surface area contributed by atoms with E-state index in [1.54, 1.807) is 0 Å². The Bertz CT molecular complexity index is 940. The maximum atomic E-state index is 12.2. The summed E-state index contributed by atoms with van der Waals surface area (Å²) in [5.41, 5.74) is 2.80. The van der Waals surface area contributed by atoms with Crippen LogP contribution in [0.15, 0.2) is 54.6 Å². The first-order chi connectivity index (χ1) is 13.1. The summed E-state index contributed by atoms with van der Waals surface area (Å²) in [4.78, 5) is 27.6. The summed E-state index contributed by atoms with van der Waals surface area (Å²) >= 11 is 2.19. The molecule has 1 amide bonds. The molecule has 1 heterocycles. The van der Waals surface area contributed by atoms with Crippen LogP contribution in [0.5, 0.6) is 0 Å². The summed E-state index contributed by atoms with van der Waals surface area (Å²) in [6.45, 7) is 0.130. The van der Waals surface area contributed by atoms with Crippen LogP contribution in [0.1, 0.15) is 11.1 Å². The van der Waals surface area contributed by atoms with Gasteiger partial charge in [0.05, 0.1) is 10.8 Å². The highest BCUT2D eigenvalue weighted by Crippen LogP contribution is 2.25. The molecule has 3 rings (SSSR count). The van der Waals surface area contributed by atoms with Crippen LogP contribution in [0.2, 0.25) is 0 Å². The Kier molecular flexibility index (Phi) is 6.33. The molecule has 0 aliphatic carbocycles.